The van der Waals surface area contributed by atoms with Gasteiger partial charge in [0.15, 0.2) is 5.78 Å². The summed E-state index contributed by atoms with van der Waals surface area (Å²) in [7, 11) is 6.50. The molecule has 4 aromatic rings. The number of benzene rings is 4. The molecule has 6 rings (SSSR count). The molecule has 366 valence electrons. The predicted octanol–water partition coefficient (Wildman–Crippen LogP) is 5.91. The Balaban J connectivity index is 1.04. The molecule has 2 fully saturated rings. The summed E-state index contributed by atoms with van der Waals surface area (Å²) in [5.74, 6) is -0.176. The highest BCUT2D eigenvalue weighted by molar-refractivity contribution is 6.03. The topological polar surface area (TPSA) is 188 Å². The number of ketones is 1. The summed E-state index contributed by atoms with van der Waals surface area (Å²) >= 11 is 0. The zero-order valence-electron chi connectivity index (χ0n) is 40.7. The van der Waals surface area contributed by atoms with Crippen molar-refractivity contribution >= 4 is 56.9 Å². The number of likely N-dealkylation sites (N-methyl/N-ethyl adjacent to an activating group) is 2. The van der Waals surface area contributed by atoms with Crippen molar-refractivity contribution in [3.63, 3.8) is 0 Å². The number of nitrogens with zero attached hydrogens (tertiary/aromatic N) is 2. The minimum absolute atomic E-state index is 0.0393. The molecule has 0 unspecified atom stereocenters. The van der Waals surface area contributed by atoms with Crippen molar-refractivity contribution in [3.8, 4) is 11.5 Å². The van der Waals surface area contributed by atoms with E-state index >= 15 is 0 Å². The van der Waals surface area contributed by atoms with E-state index in [4.69, 9.17) is 9.47 Å². The number of hydrogen-bond acceptors (Lipinski definition) is 10. The second kappa shape index (κ2) is 24.8. The average molecular weight is 934 g/mol. The molecule has 2 saturated heterocycles. The van der Waals surface area contributed by atoms with Gasteiger partial charge < -0.3 is 45.9 Å². The maximum Gasteiger partial charge on any atom is 0.255 e. The smallest absolute Gasteiger partial charge is 0.255 e. The molecule has 15 heteroatoms. The SMILES string of the molecule is CN[C@@H](C)C(=O)N[C@@H](CCCCCC[C@H](NC(=O)[C@H](C)NC)C(=O)N1CCC[C@H]1CNC(=O)c1cc2ccccc2cc1OC)C(=O)N1CCC[C@H]1CCC(=O)c1cc2ccccc2cc1OC. The van der Waals surface area contributed by atoms with Crippen molar-refractivity contribution in [2.24, 2.45) is 0 Å². The van der Waals surface area contributed by atoms with Crippen LogP contribution in [0.2, 0.25) is 0 Å². The second-order valence-electron chi connectivity index (χ2n) is 18.3. The molecule has 0 bridgehead atoms. The van der Waals surface area contributed by atoms with Gasteiger partial charge in [0.1, 0.15) is 23.6 Å². The molecule has 6 atom stereocenters. The number of nitrogens with one attached hydrogen (secondary N) is 5. The van der Waals surface area contributed by atoms with Gasteiger partial charge in [-0.15, -0.1) is 0 Å². The third-order valence-corrected chi connectivity index (χ3v) is 13.8. The van der Waals surface area contributed by atoms with Crippen molar-refractivity contribution in [1.82, 2.24) is 36.4 Å². The maximum atomic E-state index is 14.3. The molecular weight excluding hydrogens is 863 g/mol. The van der Waals surface area contributed by atoms with Crippen LogP contribution in [0.15, 0.2) is 72.8 Å². The van der Waals surface area contributed by atoms with E-state index < -0.39 is 24.2 Å². The first-order valence-electron chi connectivity index (χ1n) is 24.4. The van der Waals surface area contributed by atoms with E-state index in [1.165, 1.54) is 7.11 Å². The quantitative estimate of drug-likeness (QED) is 0.0418. The van der Waals surface area contributed by atoms with Crippen molar-refractivity contribution in [1.29, 1.82) is 0 Å². The molecule has 4 aromatic carbocycles. The van der Waals surface area contributed by atoms with Gasteiger partial charge in [-0.05, 0) is 119 Å². The molecule has 68 heavy (non-hydrogen) atoms. The van der Waals surface area contributed by atoms with Gasteiger partial charge >= 0.3 is 0 Å². The van der Waals surface area contributed by atoms with Crippen molar-refractivity contribution in [2.75, 3.05) is 47.9 Å². The van der Waals surface area contributed by atoms with Crippen LogP contribution in [0.5, 0.6) is 11.5 Å². The van der Waals surface area contributed by atoms with Gasteiger partial charge in [-0.25, -0.2) is 0 Å². The Kier molecular flexibility index (Phi) is 18.7. The fraction of sp³-hybridized carbons (Fsp3) is 0.509. The lowest BCUT2D eigenvalue weighted by atomic mass is 9.98. The molecule has 2 aliphatic heterocycles. The van der Waals surface area contributed by atoms with Crippen LogP contribution in [0.1, 0.15) is 112 Å². The molecule has 2 heterocycles. The number of hydrogen-bond donors (Lipinski definition) is 5. The Morgan fingerprint density at radius 3 is 1.54 bits per heavy atom. The van der Waals surface area contributed by atoms with Gasteiger partial charge in [0.05, 0.1) is 37.4 Å². The summed E-state index contributed by atoms with van der Waals surface area (Å²) in [6.07, 6.45) is 7.48. The van der Waals surface area contributed by atoms with E-state index in [1.807, 2.05) is 77.7 Å². The van der Waals surface area contributed by atoms with Crippen LogP contribution in [-0.2, 0) is 19.2 Å². The largest absolute Gasteiger partial charge is 0.496 e. The highest BCUT2D eigenvalue weighted by Gasteiger charge is 2.36. The van der Waals surface area contributed by atoms with Crippen LogP contribution < -0.4 is 36.1 Å². The summed E-state index contributed by atoms with van der Waals surface area (Å²) in [6.45, 7) is 4.83. The molecule has 5 amide bonds. The minimum Gasteiger partial charge on any atom is -0.496 e. The minimum atomic E-state index is -0.756. The molecule has 15 nitrogen and oxygen atoms in total. The Bertz CT molecular complexity index is 2240. The molecule has 0 aromatic heterocycles. The normalized spacial score (nSPS) is 17.6. The van der Waals surface area contributed by atoms with Crippen molar-refractivity contribution in [2.45, 2.75) is 127 Å². The number of amides is 5. The molecule has 2 aliphatic rings. The highest BCUT2D eigenvalue weighted by atomic mass is 16.5. The van der Waals surface area contributed by atoms with E-state index in [1.54, 1.807) is 40.0 Å². The van der Waals surface area contributed by atoms with Gasteiger partial charge in [-0.2, -0.15) is 0 Å². The summed E-state index contributed by atoms with van der Waals surface area (Å²) in [4.78, 5) is 85.6. The molecule has 0 aliphatic carbocycles. The Morgan fingerprint density at radius 1 is 0.618 bits per heavy atom. The van der Waals surface area contributed by atoms with Gasteiger partial charge in [-0.3, -0.25) is 28.8 Å². The van der Waals surface area contributed by atoms with E-state index in [9.17, 15) is 28.8 Å². The van der Waals surface area contributed by atoms with Crippen LogP contribution in [0.25, 0.3) is 21.5 Å². The number of fused-ring (bicyclic) bond motifs is 2. The summed E-state index contributed by atoms with van der Waals surface area (Å²) in [6, 6.07) is 20.2. The fourth-order valence-corrected chi connectivity index (χ4v) is 9.50. The first kappa shape index (κ1) is 51.3. The zero-order valence-corrected chi connectivity index (χ0v) is 40.7. The van der Waals surface area contributed by atoms with E-state index in [2.05, 4.69) is 26.6 Å². The van der Waals surface area contributed by atoms with Crippen LogP contribution in [-0.4, -0.2) is 129 Å². The molecule has 0 saturated carbocycles. The number of rotatable bonds is 24. The number of methoxy groups -OCH3 is 2. The van der Waals surface area contributed by atoms with Crippen LogP contribution in [0, 0.1) is 0 Å². The predicted molar refractivity (Wildman–Crippen MR) is 265 cm³/mol. The van der Waals surface area contributed by atoms with Crippen LogP contribution in [0.3, 0.4) is 0 Å². The molecule has 0 spiro atoms. The lowest BCUT2D eigenvalue weighted by molar-refractivity contribution is -0.138. The second-order valence-corrected chi connectivity index (χ2v) is 18.3. The fourth-order valence-electron chi connectivity index (χ4n) is 9.50. The summed E-state index contributed by atoms with van der Waals surface area (Å²) in [5.41, 5.74) is 0.946. The number of carbonyl (C=O) groups excluding carboxylic acids is 6. The number of ether oxygens (including phenoxy) is 2. The number of likely N-dealkylation sites (tertiary alicyclic amines) is 2. The Hall–Kier alpha value is -6.06. The van der Waals surface area contributed by atoms with Gasteiger partial charge in [-0.1, -0.05) is 74.2 Å². The molecule has 0 radical (unpaired) electrons. The summed E-state index contributed by atoms with van der Waals surface area (Å²) in [5, 5.41) is 18.8. The first-order valence-corrected chi connectivity index (χ1v) is 24.4. The van der Waals surface area contributed by atoms with Gasteiger partial charge in [0, 0.05) is 38.1 Å². The average Bonchev–Trinajstić information content (AvgIpc) is 4.05. The summed E-state index contributed by atoms with van der Waals surface area (Å²) < 4.78 is 11.2. The number of Topliss-reactive ketones (excluding diaryl/α,β-unsaturated/α-hetero) is 1. The van der Waals surface area contributed by atoms with Crippen molar-refractivity contribution < 1.29 is 38.2 Å². The third-order valence-electron chi connectivity index (χ3n) is 13.8. The van der Waals surface area contributed by atoms with Gasteiger partial charge in [0.2, 0.25) is 23.6 Å². The molecule has 5 N–H and O–H groups in total. The van der Waals surface area contributed by atoms with E-state index in [-0.39, 0.29) is 60.4 Å². The van der Waals surface area contributed by atoms with E-state index in [0.717, 1.165) is 60.1 Å². The Labute approximate surface area is 400 Å². The number of carbonyl (C=O) groups is 6. The van der Waals surface area contributed by atoms with Crippen molar-refractivity contribution in [3.05, 3.63) is 83.9 Å². The number of unbranched alkanes of at least 4 members (excludes halogenated alkanes) is 3. The van der Waals surface area contributed by atoms with Gasteiger partial charge in [0.25, 0.3) is 5.91 Å². The first-order chi connectivity index (χ1) is 32.9. The third kappa shape index (κ3) is 12.9. The zero-order chi connectivity index (χ0) is 48.7. The maximum absolute atomic E-state index is 14.3. The van der Waals surface area contributed by atoms with Crippen LogP contribution >= 0.6 is 0 Å². The monoisotopic (exact) mass is 934 g/mol. The van der Waals surface area contributed by atoms with Crippen LogP contribution in [0.4, 0.5) is 0 Å². The van der Waals surface area contributed by atoms with E-state index in [0.29, 0.717) is 67.8 Å². The standard InChI is InChI=1S/C53H71N7O8/c1-34(54-3)49(62)57-44(52(65)59-27-15-21-40(59)25-26-46(61)42-29-36-17-11-13-19-38(36)31-47(42)67-5)23-9-7-8-10-24-45(58-50(63)35(2)55-4)53(66)60-28-16-22-41(60)33-56-51(64)43-30-37-18-12-14-20-39(37)32-48(43)68-6/h11-14,17-20,29-32,34-35,40-41,44-45,54-55H,7-10,15-16,21-28,33H2,1-6H3,(H,56,64)(H,57,62)(H,58,63)/t34-,35-,40-,41-,44-,45-/m0/s1. The highest BCUT2D eigenvalue weighted by Crippen LogP contribution is 2.30. The lowest BCUT2D eigenvalue weighted by Crippen LogP contribution is -2.54. The Morgan fingerprint density at radius 2 is 1.06 bits per heavy atom. The lowest BCUT2D eigenvalue weighted by Gasteiger charge is -2.30. The molecular formula is C53H71N7O8.